The molecule has 3 amide bonds. The second-order valence-electron chi connectivity index (χ2n) is 15.4. The van der Waals surface area contributed by atoms with Gasteiger partial charge in [-0.05, 0) is 99.5 Å². The summed E-state index contributed by atoms with van der Waals surface area (Å²) in [6.07, 6.45) is 9.19. The van der Waals surface area contributed by atoms with E-state index in [9.17, 15) is 14.4 Å². The zero-order valence-electron chi connectivity index (χ0n) is 28.2. The van der Waals surface area contributed by atoms with E-state index < -0.39 is 17.5 Å². The maximum Gasteiger partial charge on any atom is 0.410 e. The summed E-state index contributed by atoms with van der Waals surface area (Å²) in [5, 5.41) is 3.81. The van der Waals surface area contributed by atoms with Gasteiger partial charge in [0, 0.05) is 31.1 Å². The molecular formula is C38H51ClN4O4. The molecule has 0 spiro atoms. The molecule has 0 bridgehead atoms. The fraction of sp³-hybridized carbons (Fsp3) is 0.605. The Balaban J connectivity index is 1.21. The molecule has 47 heavy (non-hydrogen) atoms. The third-order valence-electron chi connectivity index (χ3n) is 11.8. The van der Waals surface area contributed by atoms with E-state index >= 15 is 0 Å². The third-order valence-corrected chi connectivity index (χ3v) is 12.1. The molecule has 6 rings (SSSR count). The Morgan fingerprint density at radius 3 is 2.34 bits per heavy atom. The molecule has 2 aliphatic carbocycles. The van der Waals surface area contributed by atoms with E-state index in [1.807, 2.05) is 59.2 Å². The zero-order valence-corrected chi connectivity index (χ0v) is 29.0. The Morgan fingerprint density at radius 1 is 1.00 bits per heavy atom. The number of carbonyl (C=O) groups excluding carboxylic acids is 3. The first-order valence-corrected chi connectivity index (χ1v) is 17.9. The average Bonchev–Trinajstić information content (AvgIpc) is 3.32. The van der Waals surface area contributed by atoms with Crippen molar-refractivity contribution in [1.29, 1.82) is 0 Å². The van der Waals surface area contributed by atoms with Crippen molar-refractivity contribution < 1.29 is 19.1 Å². The maximum absolute atomic E-state index is 14.4. The number of piperidine rings is 1. The quantitative estimate of drug-likeness (QED) is 0.349. The summed E-state index contributed by atoms with van der Waals surface area (Å²) in [6, 6.07) is 14.8. The number of benzene rings is 2. The maximum atomic E-state index is 14.4. The summed E-state index contributed by atoms with van der Waals surface area (Å²) in [7, 11) is 0. The van der Waals surface area contributed by atoms with Gasteiger partial charge in [-0.25, -0.2) is 4.79 Å². The van der Waals surface area contributed by atoms with Crippen LogP contribution in [0.2, 0.25) is 5.02 Å². The summed E-state index contributed by atoms with van der Waals surface area (Å²) in [5.41, 5.74) is 8.73. The highest BCUT2D eigenvalue weighted by molar-refractivity contribution is 6.30. The minimum absolute atomic E-state index is 0.0659. The van der Waals surface area contributed by atoms with Gasteiger partial charge in [-0.2, -0.15) is 0 Å². The lowest BCUT2D eigenvalue weighted by Gasteiger charge is -2.51. The first-order valence-electron chi connectivity index (χ1n) is 17.5. The van der Waals surface area contributed by atoms with Crippen LogP contribution < -0.4 is 11.1 Å². The SMILES string of the molecule is CC1(C)COC(=O)N1CC1(C2CCCCC2)CCN(C(=O)[C@@H](Cc2ccc(Cl)cc2)NC(=O)C2CCc3ccccc3[C@@]2(C)N)CC1. The molecule has 2 heterocycles. The molecule has 0 aromatic heterocycles. The molecule has 4 aliphatic rings. The molecule has 3 fully saturated rings. The minimum atomic E-state index is -0.845. The van der Waals surface area contributed by atoms with E-state index in [1.54, 1.807) is 0 Å². The monoisotopic (exact) mass is 662 g/mol. The van der Waals surface area contributed by atoms with Crippen molar-refractivity contribution in [1.82, 2.24) is 15.1 Å². The van der Waals surface area contributed by atoms with Crippen LogP contribution in [0.5, 0.6) is 0 Å². The minimum Gasteiger partial charge on any atom is -0.447 e. The summed E-state index contributed by atoms with van der Waals surface area (Å²) in [6.45, 7) is 8.33. The number of amides is 3. The summed E-state index contributed by atoms with van der Waals surface area (Å²) >= 11 is 6.18. The van der Waals surface area contributed by atoms with Crippen LogP contribution in [0.1, 0.15) is 88.8 Å². The number of aryl methyl sites for hydroxylation is 1. The van der Waals surface area contributed by atoms with E-state index in [4.69, 9.17) is 22.1 Å². The van der Waals surface area contributed by atoms with Gasteiger partial charge in [0.1, 0.15) is 12.6 Å². The molecule has 9 heteroatoms. The van der Waals surface area contributed by atoms with E-state index in [0.29, 0.717) is 50.0 Å². The van der Waals surface area contributed by atoms with Gasteiger partial charge in [0.15, 0.2) is 0 Å². The number of nitrogens with zero attached hydrogens (tertiary/aromatic N) is 2. The van der Waals surface area contributed by atoms with E-state index in [1.165, 1.54) is 24.8 Å². The summed E-state index contributed by atoms with van der Waals surface area (Å²) in [4.78, 5) is 45.2. The molecule has 254 valence electrons. The Labute approximate surface area is 284 Å². The topological polar surface area (TPSA) is 105 Å². The molecule has 2 aromatic carbocycles. The fourth-order valence-corrected chi connectivity index (χ4v) is 8.95. The standard InChI is InChI=1S/C38H51ClN4O4/c1-36(2)25-47-35(46)43(36)24-38(28-10-5-4-6-11-28)19-21-42(22-20-38)34(45)32(23-26-13-16-29(39)17-14-26)41-33(44)31-18-15-27-9-7-8-12-30(27)37(31,3)40/h7-9,12-14,16-17,28,31-32H,4-6,10-11,15,18-25,40H2,1-3H3,(H,41,44)/t31?,32-,37-/m1/s1. The molecule has 2 aliphatic heterocycles. The lowest BCUT2D eigenvalue weighted by molar-refractivity contribution is -0.141. The second kappa shape index (κ2) is 13.4. The number of nitrogens with one attached hydrogen (secondary N) is 1. The van der Waals surface area contributed by atoms with E-state index in [-0.39, 0.29) is 28.9 Å². The Bertz CT molecular complexity index is 1460. The van der Waals surface area contributed by atoms with Crippen molar-refractivity contribution in [2.75, 3.05) is 26.2 Å². The van der Waals surface area contributed by atoms with Crippen molar-refractivity contribution in [2.24, 2.45) is 23.0 Å². The van der Waals surface area contributed by atoms with Crippen LogP contribution in [0.25, 0.3) is 0 Å². The molecule has 3 N–H and O–H groups in total. The Hall–Kier alpha value is -3.10. The highest BCUT2D eigenvalue weighted by Crippen LogP contribution is 2.48. The number of carbonyl (C=O) groups is 3. The number of fused-ring (bicyclic) bond motifs is 1. The van der Waals surface area contributed by atoms with Gasteiger partial charge < -0.3 is 20.7 Å². The van der Waals surface area contributed by atoms with Crippen molar-refractivity contribution in [2.45, 2.75) is 102 Å². The number of hydrogen-bond acceptors (Lipinski definition) is 5. The van der Waals surface area contributed by atoms with Gasteiger partial charge in [0.05, 0.1) is 17.0 Å². The molecule has 3 atom stereocenters. The number of cyclic esters (lactones) is 1. The van der Waals surface area contributed by atoms with Gasteiger partial charge in [0.2, 0.25) is 11.8 Å². The lowest BCUT2D eigenvalue weighted by atomic mass is 9.63. The van der Waals surface area contributed by atoms with Crippen LogP contribution in [0.15, 0.2) is 48.5 Å². The number of likely N-dealkylation sites (tertiary alicyclic amines) is 1. The van der Waals surface area contributed by atoms with Crippen LogP contribution in [-0.4, -0.2) is 65.5 Å². The highest BCUT2D eigenvalue weighted by atomic mass is 35.5. The zero-order chi connectivity index (χ0) is 33.4. The van der Waals surface area contributed by atoms with Gasteiger partial charge >= 0.3 is 6.09 Å². The number of ether oxygens (including phenoxy) is 1. The van der Waals surface area contributed by atoms with E-state index in [0.717, 1.165) is 43.2 Å². The highest BCUT2D eigenvalue weighted by Gasteiger charge is 2.50. The van der Waals surface area contributed by atoms with Crippen LogP contribution in [-0.2, 0) is 32.7 Å². The van der Waals surface area contributed by atoms with Crippen molar-refractivity contribution >= 4 is 29.5 Å². The Morgan fingerprint density at radius 2 is 1.68 bits per heavy atom. The van der Waals surface area contributed by atoms with Crippen LogP contribution in [0, 0.1) is 17.3 Å². The Kier molecular flexibility index (Phi) is 9.65. The lowest BCUT2D eigenvalue weighted by Crippen LogP contribution is -2.59. The molecular weight excluding hydrogens is 612 g/mol. The first-order chi connectivity index (χ1) is 22.4. The molecule has 8 nitrogen and oxygen atoms in total. The van der Waals surface area contributed by atoms with Crippen LogP contribution in [0.4, 0.5) is 4.79 Å². The second-order valence-corrected chi connectivity index (χ2v) is 15.8. The fourth-order valence-electron chi connectivity index (χ4n) is 8.82. The third kappa shape index (κ3) is 6.91. The number of halogens is 1. The average molecular weight is 663 g/mol. The van der Waals surface area contributed by atoms with Gasteiger partial charge in [-0.15, -0.1) is 0 Å². The van der Waals surface area contributed by atoms with Crippen molar-refractivity contribution in [3.05, 3.63) is 70.2 Å². The molecule has 1 unspecified atom stereocenters. The summed E-state index contributed by atoms with van der Waals surface area (Å²) in [5.74, 6) is -0.193. The molecule has 1 saturated carbocycles. The largest absolute Gasteiger partial charge is 0.447 e. The molecule has 2 aromatic rings. The van der Waals surface area contributed by atoms with Crippen molar-refractivity contribution in [3.8, 4) is 0 Å². The normalized spacial score (nSPS) is 26.3. The number of rotatable bonds is 8. The molecule has 0 radical (unpaired) electrons. The van der Waals surface area contributed by atoms with Crippen molar-refractivity contribution in [3.63, 3.8) is 0 Å². The van der Waals surface area contributed by atoms with Gasteiger partial charge in [-0.1, -0.05) is 67.3 Å². The summed E-state index contributed by atoms with van der Waals surface area (Å²) < 4.78 is 5.50. The first kappa shape index (κ1) is 33.8. The molecule has 2 saturated heterocycles. The van der Waals surface area contributed by atoms with Gasteiger partial charge in [-0.3, -0.25) is 14.5 Å². The predicted molar refractivity (Wildman–Crippen MR) is 184 cm³/mol. The smallest absolute Gasteiger partial charge is 0.410 e. The predicted octanol–water partition coefficient (Wildman–Crippen LogP) is 6.22. The number of nitrogens with two attached hydrogens (primary N) is 1. The van der Waals surface area contributed by atoms with Crippen LogP contribution >= 0.6 is 11.6 Å². The number of hydrogen-bond donors (Lipinski definition) is 2. The van der Waals surface area contributed by atoms with Gasteiger partial charge in [0.25, 0.3) is 0 Å². The van der Waals surface area contributed by atoms with Crippen LogP contribution in [0.3, 0.4) is 0 Å². The van der Waals surface area contributed by atoms with E-state index in [2.05, 4.69) is 25.2 Å².